The zero-order chi connectivity index (χ0) is 27.7. The number of ether oxygens (including phenoxy) is 1. The summed E-state index contributed by atoms with van der Waals surface area (Å²) in [6.07, 6.45) is -9.57. The van der Waals surface area contributed by atoms with Crippen LogP contribution >= 0.6 is 11.6 Å². The Bertz CT molecular complexity index is 1340. The molecule has 38 heavy (non-hydrogen) atoms. The fourth-order valence-electron chi connectivity index (χ4n) is 4.27. The molecule has 0 atom stereocenters. The summed E-state index contributed by atoms with van der Waals surface area (Å²) in [5, 5.41) is 12.5. The Balaban J connectivity index is 1.60. The van der Waals surface area contributed by atoms with Gasteiger partial charge in [0.1, 0.15) is 11.2 Å². The molecule has 7 nitrogen and oxygen atoms in total. The summed E-state index contributed by atoms with van der Waals surface area (Å²) < 4.78 is 82.6. The molecule has 0 aliphatic heterocycles. The number of alkyl halides is 6. The van der Waals surface area contributed by atoms with Gasteiger partial charge in [0.15, 0.2) is 11.6 Å². The van der Waals surface area contributed by atoms with Gasteiger partial charge in [-0.25, -0.2) is 4.98 Å². The third-order valence-corrected chi connectivity index (χ3v) is 6.44. The van der Waals surface area contributed by atoms with Crippen molar-refractivity contribution < 1.29 is 41.0 Å². The van der Waals surface area contributed by atoms with E-state index in [0.717, 1.165) is 12.1 Å². The maximum atomic E-state index is 13.7. The largest absolute Gasteiger partial charge is 0.573 e. The second-order valence-electron chi connectivity index (χ2n) is 8.64. The van der Waals surface area contributed by atoms with E-state index < -0.39 is 35.6 Å². The van der Waals surface area contributed by atoms with Gasteiger partial charge in [-0.05, 0) is 42.7 Å². The van der Waals surface area contributed by atoms with Crippen LogP contribution in [0.25, 0.3) is 22.8 Å². The topological polar surface area (TPSA) is 97.2 Å². The Kier molecular flexibility index (Phi) is 7.42. The molecule has 2 aromatic carbocycles. The zero-order valence-corrected chi connectivity index (χ0v) is 20.1. The average molecular weight is 561 g/mol. The normalized spacial score (nSPS) is 15.3. The van der Waals surface area contributed by atoms with Crippen LogP contribution in [0.2, 0.25) is 5.02 Å². The molecule has 1 aliphatic rings. The summed E-state index contributed by atoms with van der Waals surface area (Å²) in [6.45, 7) is -0.248. The highest BCUT2D eigenvalue weighted by Gasteiger charge is 2.60. The minimum atomic E-state index is -4.92. The fraction of sp³-hybridized carbons (Fsp3) is 0.333. The minimum Gasteiger partial charge on any atom is -0.479 e. The molecule has 0 unspecified atom stereocenters. The van der Waals surface area contributed by atoms with Crippen LogP contribution in [-0.2, 0) is 11.3 Å². The van der Waals surface area contributed by atoms with Crippen LogP contribution in [0, 0.1) is 5.41 Å². The molecule has 2 N–H and O–H groups in total. The van der Waals surface area contributed by atoms with Gasteiger partial charge in [0.05, 0.1) is 5.02 Å². The van der Waals surface area contributed by atoms with Gasteiger partial charge in [0, 0.05) is 17.7 Å². The monoisotopic (exact) mass is 560 g/mol. The molecular weight excluding hydrogens is 542 g/mol. The van der Waals surface area contributed by atoms with Gasteiger partial charge in [-0.3, -0.25) is 4.79 Å². The van der Waals surface area contributed by atoms with E-state index in [0.29, 0.717) is 18.4 Å². The lowest BCUT2D eigenvalue weighted by Gasteiger charge is -2.30. The molecule has 0 saturated heterocycles. The first-order chi connectivity index (χ1) is 17.8. The summed E-state index contributed by atoms with van der Waals surface area (Å²) in [5.41, 5.74) is -1.84. The Morgan fingerprint density at radius 2 is 1.68 bits per heavy atom. The van der Waals surface area contributed by atoms with Gasteiger partial charge >= 0.3 is 18.5 Å². The van der Waals surface area contributed by atoms with Crippen molar-refractivity contribution >= 4 is 17.5 Å². The lowest BCUT2D eigenvalue weighted by Crippen LogP contribution is -2.48. The number of halogens is 7. The van der Waals surface area contributed by atoms with Crippen LogP contribution in [0.1, 0.15) is 31.2 Å². The van der Waals surface area contributed by atoms with Crippen molar-refractivity contribution in [1.29, 1.82) is 0 Å². The van der Waals surface area contributed by atoms with Gasteiger partial charge in [0.25, 0.3) is 0 Å². The van der Waals surface area contributed by atoms with Gasteiger partial charge in [-0.1, -0.05) is 42.6 Å². The number of aromatic nitrogens is 3. The molecule has 1 aromatic heterocycles. The van der Waals surface area contributed by atoms with Gasteiger partial charge in [-0.2, -0.15) is 23.1 Å². The molecule has 4 rings (SSSR count). The van der Waals surface area contributed by atoms with Crippen molar-refractivity contribution in [3.8, 4) is 34.5 Å². The first-order valence-electron chi connectivity index (χ1n) is 11.2. The number of carbonyl (C=O) groups excluding carboxylic acids is 1. The Morgan fingerprint density at radius 1 is 1.00 bits per heavy atom. The van der Waals surface area contributed by atoms with Crippen molar-refractivity contribution in [2.75, 3.05) is 0 Å². The summed E-state index contributed by atoms with van der Waals surface area (Å²) in [6, 6.07) is 8.29. The molecule has 0 radical (unpaired) electrons. The van der Waals surface area contributed by atoms with Crippen molar-refractivity contribution in [2.24, 2.45) is 5.41 Å². The van der Waals surface area contributed by atoms with Gasteiger partial charge in [0.2, 0.25) is 5.91 Å². The lowest BCUT2D eigenvalue weighted by molar-refractivity contribution is -0.274. The van der Waals surface area contributed by atoms with Crippen LogP contribution in [0.4, 0.5) is 26.3 Å². The summed E-state index contributed by atoms with van der Waals surface area (Å²) in [5.74, 6) is -2.00. The summed E-state index contributed by atoms with van der Waals surface area (Å²) in [7, 11) is 0. The second-order valence-corrected chi connectivity index (χ2v) is 9.05. The zero-order valence-electron chi connectivity index (χ0n) is 19.3. The smallest absolute Gasteiger partial charge is 0.479 e. The highest BCUT2D eigenvalue weighted by molar-refractivity contribution is 6.33. The van der Waals surface area contributed by atoms with E-state index in [1.165, 1.54) is 30.3 Å². The van der Waals surface area contributed by atoms with Crippen LogP contribution < -0.4 is 10.1 Å². The SMILES string of the molecule is O=C(NCc1ccc(Cl)c(-c2nc(O)nc(-c3cccc(OC(F)(F)F)c3)n2)c1)C1(C(F)(F)F)CCCC1. The molecule has 202 valence electrons. The Morgan fingerprint density at radius 3 is 2.34 bits per heavy atom. The van der Waals surface area contributed by atoms with E-state index in [-0.39, 0.29) is 47.2 Å². The minimum absolute atomic E-state index is 0.0688. The van der Waals surface area contributed by atoms with E-state index in [2.05, 4.69) is 25.0 Å². The molecule has 1 amide bonds. The number of hydrogen-bond donors (Lipinski definition) is 2. The maximum absolute atomic E-state index is 13.7. The van der Waals surface area contributed by atoms with Crippen molar-refractivity contribution in [3.63, 3.8) is 0 Å². The van der Waals surface area contributed by atoms with Crippen molar-refractivity contribution in [3.05, 3.63) is 53.1 Å². The fourth-order valence-corrected chi connectivity index (χ4v) is 4.47. The van der Waals surface area contributed by atoms with Crippen molar-refractivity contribution in [1.82, 2.24) is 20.3 Å². The third kappa shape index (κ3) is 5.93. The number of aromatic hydroxyl groups is 1. The number of hydrogen-bond acceptors (Lipinski definition) is 6. The second kappa shape index (κ2) is 10.3. The predicted molar refractivity (Wildman–Crippen MR) is 123 cm³/mol. The number of nitrogens with one attached hydrogen (secondary N) is 1. The molecule has 0 spiro atoms. The Hall–Kier alpha value is -3.61. The van der Waals surface area contributed by atoms with Crippen LogP contribution in [0.15, 0.2) is 42.5 Å². The molecule has 1 saturated carbocycles. The summed E-state index contributed by atoms with van der Waals surface area (Å²) >= 11 is 6.26. The number of rotatable bonds is 6. The summed E-state index contributed by atoms with van der Waals surface area (Å²) in [4.78, 5) is 24.3. The van der Waals surface area contributed by atoms with Crippen molar-refractivity contribution in [2.45, 2.75) is 44.8 Å². The average Bonchev–Trinajstić information content (AvgIpc) is 3.34. The molecule has 14 heteroatoms. The molecule has 3 aromatic rings. The highest BCUT2D eigenvalue weighted by Crippen LogP contribution is 2.50. The molecule has 0 bridgehead atoms. The first kappa shape index (κ1) is 27.4. The number of benzene rings is 2. The number of nitrogens with zero attached hydrogens (tertiary/aromatic N) is 3. The van der Waals surface area contributed by atoms with E-state index in [1.807, 2.05) is 0 Å². The van der Waals surface area contributed by atoms with Crippen LogP contribution in [-0.4, -0.2) is 38.5 Å². The van der Waals surface area contributed by atoms with E-state index in [1.54, 1.807) is 0 Å². The quantitative estimate of drug-likeness (QED) is 0.348. The molecule has 1 fully saturated rings. The van der Waals surface area contributed by atoms with Gasteiger partial charge in [-0.15, -0.1) is 13.2 Å². The standard InChI is InChI=1S/C24H19ClF6N4O3/c25-17-7-6-13(12-32-20(36)22(23(26,27)28)8-1-2-9-22)10-16(17)19-33-18(34-21(37)35-19)14-4-3-5-15(11-14)38-24(29,30)31/h3-7,10-11H,1-2,8-9,12H2,(H,32,36)(H,33,34,35,37). The number of amides is 1. The first-order valence-corrected chi connectivity index (χ1v) is 11.6. The predicted octanol–water partition coefficient (Wildman–Crippen LogP) is 6.20. The maximum Gasteiger partial charge on any atom is 0.573 e. The highest BCUT2D eigenvalue weighted by atomic mass is 35.5. The molecule has 1 aliphatic carbocycles. The third-order valence-electron chi connectivity index (χ3n) is 6.11. The van der Waals surface area contributed by atoms with Crippen LogP contribution in [0.5, 0.6) is 11.8 Å². The van der Waals surface area contributed by atoms with Gasteiger partial charge < -0.3 is 15.2 Å². The van der Waals surface area contributed by atoms with E-state index in [9.17, 15) is 36.2 Å². The number of carbonyl (C=O) groups is 1. The molecular formula is C24H19ClF6N4O3. The van der Waals surface area contributed by atoms with E-state index >= 15 is 0 Å². The molecule has 1 heterocycles. The van der Waals surface area contributed by atoms with Crippen LogP contribution in [0.3, 0.4) is 0 Å². The Labute approximate surface area is 216 Å². The lowest BCUT2D eigenvalue weighted by atomic mass is 9.84. The van der Waals surface area contributed by atoms with E-state index in [4.69, 9.17) is 11.6 Å².